The highest BCUT2D eigenvalue weighted by Crippen LogP contribution is 2.32. The maximum Gasteiger partial charge on any atom is 0.407 e. The van der Waals surface area contributed by atoms with Crippen LogP contribution in [0, 0.1) is 5.41 Å². The molecule has 0 unspecified atom stereocenters. The summed E-state index contributed by atoms with van der Waals surface area (Å²) in [6.45, 7) is 4.76. The first kappa shape index (κ1) is 10.8. The minimum absolute atomic E-state index is 0.225. The van der Waals surface area contributed by atoms with Crippen LogP contribution < -0.4 is 0 Å². The molecule has 1 aliphatic heterocycles. The van der Waals surface area contributed by atoms with Gasteiger partial charge in [-0.2, -0.15) is 0 Å². The third kappa shape index (κ3) is 2.13. The molecule has 0 fully saturated rings. The minimum Gasteiger partial charge on any atom is -0.465 e. The predicted octanol–water partition coefficient (Wildman–Crippen LogP) is 1.52. The van der Waals surface area contributed by atoms with E-state index < -0.39 is 6.09 Å². The fourth-order valence-electron chi connectivity index (χ4n) is 1.74. The molecule has 0 radical (unpaired) electrons. The lowest BCUT2D eigenvalue weighted by molar-refractivity contribution is -0.107. The second kappa shape index (κ2) is 3.82. The van der Waals surface area contributed by atoms with Gasteiger partial charge in [-0.3, -0.25) is 0 Å². The average molecular weight is 197 g/mol. The van der Waals surface area contributed by atoms with E-state index in [1.54, 1.807) is 0 Å². The second-order valence-corrected chi connectivity index (χ2v) is 4.15. The van der Waals surface area contributed by atoms with Crippen LogP contribution in [0.4, 0.5) is 4.79 Å². The van der Waals surface area contributed by atoms with Crippen LogP contribution in [0.25, 0.3) is 0 Å². The molecule has 0 aromatic carbocycles. The smallest absolute Gasteiger partial charge is 0.407 e. The number of hydrogen-bond acceptors (Lipinski definition) is 2. The third-order valence-electron chi connectivity index (χ3n) is 2.59. The Morgan fingerprint density at radius 2 is 2.36 bits per heavy atom. The van der Waals surface area contributed by atoms with Gasteiger partial charge in [0.15, 0.2) is 0 Å². The van der Waals surface area contributed by atoms with Crippen LogP contribution in [0.5, 0.6) is 0 Å². The van der Waals surface area contributed by atoms with E-state index in [1.165, 1.54) is 4.90 Å². The Morgan fingerprint density at radius 3 is 2.79 bits per heavy atom. The minimum atomic E-state index is -0.903. The number of nitrogens with zero attached hydrogens (tertiary/aromatic N) is 1. The van der Waals surface area contributed by atoms with Crippen molar-refractivity contribution in [1.29, 1.82) is 0 Å². The quantitative estimate of drug-likeness (QED) is 0.539. The first-order valence-electron chi connectivity index (χ1n) is 4.58. The maximum atomic E-state index is 10.7. The van der Waals surface area contributed by atoms with Crippen molar-refractivity contribution >= 4 is 12.4 Å². The molecule has 14 heavy (non-hydrogen) atoms. The van der Waals surface area contributed by atoms with Gasteiger partial charge < -0.3 is 14.8 Å². The van der Waals surface area contributed by atoms with Gasteiger partial charge in [0.05, 0.1) is 0 Å². The average Bonchev–Trinajstić information content (AvgIpc) is 2.08. The lowest BCUT2D eigenvalue weighted by Crippen LogP contribution is -2.42. The highest BCUT2D eigenvalue weighted by molar-refractivity contribution is 5.66. The van der Waals surface area contributed by atoms with Crippen LogP contribution in [0.1, 0.15) is 20.3 Å². The van der Waals surface area contributed by atoms with Crippen molar-refractivity contribution < 1.29 is 14.7 Å². The van der Waals surface area contributed by atoms with Gasteiger partial charge in [0.1, 0.15) is 6.29 Å². The van der Waals surface area contributed by atoms with Crippen LogP contribution >= 0.6 is 0 Å². The number of rotatable bonds is 2. The summed E-state index contributed by atoms with van der Waals surface area (Å²) in [6.07, 6.45) is 2.20. The molecule has 0 saturated heterocycles. The van der Waals surface area contributed by atoms with Gasteiger partial charge >= 0.3 is 6.09 Å². The zero-order valence-corrected chi connectivity index (χ0v) is 8.49. The topological polar surface area (TPSA) is 57.6 Å². The summed E-state index contributed by atoms with van der Waals surface area (Å²) in [4.78, 5) is 22.5. The molecule has 0 bridgehead atoms. The van der Waals surface area contributed by atoms with E-state index in [1.807, 2.05) is 19.9 Å². The zero-order chi connectivity index (χ0) is 10.8. The maximum absolute atomic E-state index is 10.7. The zero-order valence-electron chi connectivity index (χ0n) is 8.49. The van der Waals surface area contributed by atoms with Crippen molar-refractivity contribution in [3.8, 4) is 0 Å². The molecule has 78 valence electrons. The van der Waals surface area contributed by atoms with E-state index in [4.69, 9.17) is 5.11 Å². The van der Waals surface area contributed by atoms with E-state index in [2.05, 4.69) is 0 Å². The fourth-order valence-corrected chi connectivity index (χ4v) is 1.74. The van der Waals surface area contributed by atoms with E-state index in [-0.39, 0.29) is 5.41 Å². The molecule has 0 saturated carbocycles. The molecule has 0 aromatic heterocycles. The van der Waals surface area contributed by atoms with Gasteiger partial charge in [0.25, 0.3) is 0 Å². The Labute approximate surface area is 83.2 Å². The van der Waals surface area contributed by atoms with Crippen molar-refractivity contribution in [1.82, 2.24) is 4.90 Å². The van der Waals surface area contributed by atoms with Crippen molar-refractivity contribution in [2.75, 3.05) is 13.1 Å². The number of aldehydes is 1. The molecule has 1 rings (SSSR count). The summed E-state index contributed by atoms with van der Waals surface area (Å²) >= 11 is 0. The highest BCUT2D eigenvalue weighted by atomic mass is 16.4. The number of carboxylic acid groups (broad SMARTS) is 1. The van der Waals surface area contributed by atoms with Gasteiger partial charge in [-0.15, -0.1) is 0 Å². The monoisotopic (exact) mass is 197 g/mol. The molecule has 0 aliphatic carbocycles. The summed E-state index contributed by atoms with van der Waals surface area (Å²) in [7, 11) is 0. The second-order valence-electron chi connectivity index (χ2n) is 4.15. The first-order valence-corrected chi connectivity index (χ1v) is 4.58. The number of hydrogen-bond donors (Lipinski definition) is 1. The third-order valence-corrected chi connectivity index (χ3v) is 2.59. The molecular formula is C10H15NO3. The van der Waals surface area contributed by atoms with E-state index in [0.29, 0.717) is 19.5 Å². The summed E-state index contributed by atoms with van der Waals surface area (Å²) < 4.78 is 0. The molecule has 4 heteroatoms. The SMILES string of the molecule is CC1(C)CN(C(=O)O)CC=C1CC=O. The van der Waals surface area contributed by atoms with Gasteiger partial charge in [0.2, 0.25) is 0 Å². The van der Waals surface area contributed by atoms with Crippen molar-refractivity contribution in [3.63, 3.8) is 0 Å². The summed E-state index contributed by atoms with van der Waals surface area (Å²) in [6, 6.07) is 0. The molecule has 0 atom stereocenters. The molecule has 1 aliphatic rings. The molecule has 1 heterocycles. The number of carbonyl (C=O) groups excluding carboxylic acids is 1. The van der Waals surface area contributed by atoms with Gasteiger partial charge in [-0.05, 0) is 0 Å². The van der Waals surface area contributed by atoms with E-state index >= 15 is 0 Å². The Bertz CT molecular complexity index is 281. The van der Waals surface area contributed by atoms with Gasteiger partial charge in [0, 0.05) is 24.9 Å². The lowest BCUT2D eigenvalue weighted by atomic mass is 9.80. The Kier molecular flexibility index (Phi) is 2.93. The first-order chi connectivity index (χ1) is 6.47. The standard InChI is InChI=1S/C10H15NO3/c1-10(2)7-11(9(13)14)5-3-8(10)4-6-12/h3,6H,4-5,7H2,1-2H3,(H,13,14). The van der Waals surface area contributed by atoms with Crippen LogP contribution in [-0.4, -0.2) is 35.5 Å². The molecular weight excluding hydrogens is 182 g/mol. The fraction of sp³-hybridized carbons (Fsp3) is 0.600. The molecule has 1 N–H and O–H groups in total. The van der Waals surface area contributed by atoms with E-state index in [0.717, 1.165) is 11.9 Å². The molecule has 1 amide bonds. The van der Waals surface area contributed by atoms with Crippen molar-refractivity contribution in [2.24, 2.45) is 5.41 Å². The molecule has 0 aromatic rings. The normalized spacial score (nSPS) is 20.1. The summed E-state index contributed by atoms with van der Waals surface area (Å²) in [5.41, 5.74) is 0.808. The Morgan fingerprint density at radius 1 is 1.71 bits per heavy atom. The number of carbonyl (C=O) groups is 2. The molecule has 4 nitrogen and oxygen atoms in total. The lowest BCUT2D eigenvalue weighted by Gasteiger charge is -2.36. The summed E-state index contributed by atoms with van der Waals surface area (Å²) in [5.74, 6) is 0. The van der Waals surface area contributed by atoms with Crippen molar-refractivity contribution in [3.05, 3.63) is 11.6 Å². The van der Waals surface area contributed by atoms with Gasteiger partial charge in [-0.1, -0.05) is 25.5 Å². The van der Waals surface area contributed by atoms with Crippen LogP contribution in [0.3, 0.4) is 0 Å². The van der Waals surface area contributed by atoms with Crippen LogP contribution in [0.2, 0.25) is 0 Å². The van der Waals surface area contributed by atoms with Crippen molar-refractivity contribution in [2.45, 2.75) is 20.3 Å². The van der Waals surface area contributed by atoms with Crippen LogP contribution in [-0.2, 0) is 4.79 Å². The predicted molar refractivity (Wildman–Crippen MR) is 52.1 cm³/mol. The highest BCUT2D eigenvalue weighted by Gasteiger charge is 2.31. The van der Waals surface area contributed by atoms with Gasteiger partial charge in [-0.25, -0.2) is 4.79 Å². The summed E-state index contributed by atoms with van der Waals surface area (Å²) in [5, 5.41) is 8.81. The largest absolute Gasteiger partial charge is 0.465 e. The Balaban J connectivity index is 2.81. The van der Waals surface area contributed by atoms with E-state index in [9.17, 15) is 9.59 Å². The van der Waals surface area contributed by atoms with Crippen LogP contribution in [0.15, 0.2) is 11.6 Å². The Hall–Kier alpha value is -1.32. The molecule has 0 spiro atoms. The number of amides is 1.